The molecule has 0 bridgehead atoms. The minimum atomic E-state index is 0.724. The lowest BCUT2D eigenvalue weighted by atomic mass is 9.90. The molecule has 0 saturated heterocycles. The molecular formula is C40H24N2O. The molecule has 0 saturated carbocycles. The van der Waals surface area contributed by atoms with Crippen LogP contribution in [-0.2, 0) is 0 Å². The highest BCUT2D eigenvalue weighted by Gasteiger charge is 2.21. The first-order valence-electron chi connectivity index (χ1n) is 14.5. The van der Waals surface area contributed by atoms with Crippen molar-refractivity contribution in [3.8, 4) is 56.4 Å². The molecule has 1 aliphatic heterocycles. The molecule has 0 unspecified atom stereocenters. The molecule has 200 valence electrons. The summed E-state index contributed by atoms with van der Waals surface area (Å²) in [6, 6.07) is 50.8. The standard InChI is InChI=1S/C40H24N2O/c1-2-10-26(11-3-1)39-33-16-6-7-18-35(33)41-40(42-39)32-22-21-28(29-14-4-5-15-30(29)32)27-20-23-36-34(24-27)31-17-8-12-25-13-9-19-37(43-36)38(25)31/h1-24H. The van der Waals surface area contributed by atoms with E-state index >= 15 is 0 Å². The average molecular weight is 549 g/mol. The average Bonchev–Trinajstić information content (AvgIpc) is 3.08. The monoisotopic (exact) mass is 548 g/mol. The van der Waals surface area contributed by atoms with Crippen molar-refractivity contribution in [2.75, 3.05) is 0 Å². The molecule has 0 radical (unpaired) electrons. The molecule has 3 heteroatoms. The molecular weight excluding hydrogens is 524 g/mol. The molecule has 0 N–H and O–H groups in total. The number of para-hydroxylation sites is 1. The third kappa shape index (κ3) is 3.75. The van der Waals surface area contributed by atoms with Crippen LogP contribution in [0.5, 0.6) is 11.5 Å². The summed E-state index contributed by atoms with van der Waals surface area (Å²) < 4.78 is 6.37. The minimum absolute atomic E-state index is 0.724. The number of ether oxygens (including phenoxy) is 1. The van der Waals surface area contributed by atoms with Gasteiger partial charge in [-0.05, 0) is 63.2 Å². The van der Waals surface area contributed by atoms with Gasteiger partial charge in [0.1, 0.15) is 11.5 Å². The number of hydrogen-bond donors (Lipinski definition) is 0. The first-order chi connectivity index (χ1) is 21.3. The van der Waals surface area contributed by atoms with Crippen molar-refractivity contribution in [3.05, 3.63) is 146 Å². The molecule has 0 atom stereocenters. The Morgan fingerprint density at radius 2 is 1.14 bits per heavy atom. The minimum Gasteiger partial charge on any atom is -0.456 e. The number of fused-ring (bicyclic) bond motifs is 4. The van der Waals surface area contributed by atoms with Crippen molar-refractivity contribution in [3.63, 3.8) is 0 Å². The fourth-order valence-electron chi connectivity index (χ4n) is 6.49. The van der Waals surface area contributed by atoms with E-state index < -0.39 is 0 Å². The van der Waals surface area contributed by atoms with Gasteiger partial charge in [0.2, 0.25) is 0 Å². The maximum atomic E-state index is 6.37. The lowest BCUT2D eigenvalue weighted by molar-refractivity contribution is 0.487. The molecule has 7 aromatic carbocycles. The van der Waals surface area contributed by atoms with Gasteiger partial charge in [-0.3, -0.25) is 0 Å². The predicted octanol–water partition coefficient (Wildman–Crippen LogP) is 10.7. The summed E-state index contributed by atoms with van der Waals surface area (Å²) in [5.74, 6) is 2.52. The van der Waals surface area contributed by atoms with E-state index in [2.05, 4.69) is 121 Å². The van der Waals surface area contributed by atoms with Crippen LogP contribution in [0.25, 0.3) is 77.3 Å². The second-order valence-corrected chi connectivity index (χ2v) is 11.0. The van der Waals surface area contributed by atoms with Gasteiger partial charge in [0.05, 0.1) is 11.2 Å². The first kappa shape index (κ1) is 23.9. The Bertz CT molecular complexity index is 2370. The molecule has 0 fully saturated rings. The lowest BCUT2D eigenvalue weighted by Gasteiger charge is -2.22. The number of benzene rings is 7. The third-order valence-corrected chi connectivity index (χ3v) is 8.48. The van der Waals surface area contributed by atoms with E-state index in [9.17, 15) is 0 Å². The number of aromatic nitrogens is 2. The van der Waals surface area contributed by atoms with Gasteiger partial charge in [0.15, 0.2) is 5.82 Å². The second-order valence-electron chi connectivity index (χ2n) is 11.0. The van der Waals surface area contributed by atoms with Gasteiger partial charge in [-0.25, -0.2) is 9.97 Å². The van der Waals surface area contributed by atoms with E-state index in [-0.39, 0.29) is 0 Å². The highest BCUT2D eigenvalue weighted by molar-refractivity contribution is 6.07. The van der Waals surface area contributed by atoms with E-state index in [1.165, 1.54) is 10.9 Å². The summed E-state index contributed by atoms with van der Waals surface area (Å²) in [5, 5.41) is 5.68. The Balaban J connectivity index is 1.23. The van der Waals surface area contributed by atoms with Crippen molar-refractivity contribution in [2.24, 2.45) is 0 Å². The van der Waals surface area contributed by atoms with E-state index in [0.29, 0.717) is 0 Å². The highest BCUT2D eigenvalue weighted by Crippen LogP contribution is 2.48. The second kappa shape index (κ2) is 9.37. The van der Waals surface area contributed by atoms with Crippen molar-refractivity contribution in [2.45, 2.75) is 0 Å². The molecule has 0 aliphatic carbocycles. The summed E-state index contributed by atoms with van der Waals surface area (Å²) in [7, 11) is 0. The highest BCUT2D eigenvalue weighted by atomic mass is 16.5. The van der Waals surface area contributed by atoms with Crippen LogP contribution in [0.15, 0.2) is 146 Å². The summed E-state index contributed by atoms with van der Waals surface area (Å²) in [6.45, 7) is 0. The lowest BCUT2D eigenvalue weighted by Crippen LogP contribution is -1.98. The van der Waals surface area contributed by atoms with E-state index in [0.717, 1.165) is 77.9 Å². The Morgan fingerprint density at radius 3 is 2.00 bits per heavy atom. The quantitative estimate of drug-likeness (QED) is 0.220. The molecule has 0 amide bonds. The maximum absolute atomic E-state index is 6.37. The normalized spacial score (nSPS) is 11.9. The number of rotatable bonds is 3. The molecule has 2 heterocycles. The first-order valence-corrected chi connectivity index (χ1v) is 14.5. The Labute approximate surface area is 248 Å². The number of hydrogen-bond acceptors (Lipinski definition) is 3. The molecule has 1 aliphatic rings. The molecule has 8 aromatic rings. The van der Waals surface area contributed by atoms with Crippen LogP contribution in [0.1, 0.15) is 0 Å². The van der Waals surface area contributed by atoms with Gasteiger partial charge in [-0.1, -0.05) is 115 Å². The molecule has 43 heavy (non-hydrogen) atoms. The zero-order valence-electron chi connectivity index (χ0n) is 23.2. The van der Waals surface area contributed by atoms with Crippen molar-refractivity contribution in [1.29, 1.82) is 0 Å². The fourth-order valence-corrected chi connectivity index (χ4v) is 6.49. The van der Waals surface area contributed by atoms with Crippen LogP contribution in [0.3, 0.4) is 0 Å². The predicted molar refractivity (Wildman–Crippen MR) is 176 cm³/mol. The maximum Gasteiger partial charge on any atom is 0.161 e. The number of nitrogens with zero attached hydrogens (tertiary/aromatic N) is 2. The van der Waals surface area contributed by atoms with Gasteiger partial charge in [-0.2, -0.15) is 0 Å². The zero-order chi connectivity index (χ0) is 28.3. The summed E-state index contributed by atoms with van der Waals surface area (Å²) in [5.41, 5.74) is 8.60. The molecule has 1 aromatic heterocycles. The summed E-state index contributed by atoms with van der Waals surface area (Å²) >= 11 is 0. The van der Waals surface area contributed by atoms with E-state index in [4.69, 9.17) is 14.7 Å². The van der Waals surface area contributed by atoms with Crippen LogP contribution in [0.2, 0.25) is 0 Å². The van der Waals surface area contributed by atoms with Crippen molar-refractivity contribution in [1.82, 2.24) is 9.97 Å². The van der Waals surface area contributed by atoms with Gasteiger partial charge in [-0.15, -0.1) is 0 Å². The Morgan fingerprint density at radius 1 is 0.419 bits per heavy atom. The van der Waals surface area contributed by atoms with Gasteiger partial charge in [0, 0.05) is 27.5 Å². The van der Waals surface area contributed by atoms with E-state index in [1.54, 1.807) is 0 Å². The zero-order valence-corrected chi connectivity index (χ0v) is 23.2. The fraction of sp³-hybridized carbons (Fsp3) is 0. The third-order valence-electron chi connectivity index (χ3n) is 8.48. The Kier molecular flexibility index (Phi) is 5.20. The summed E-state index contributed by atoms with van der Waals surface area (Å²) in [6.07, 6.45) is 0. The van der Waals surface area contributed by atoms with Crippen LogP contribution in [0.4, 0.5) is 0 Å². The molecule has 0 spiro atoms. The molecule has 3 nitrogen and oxygen atoms in total. The largest absolute Gasteiger partial charge is 0.456 e. The van der Waals surface area contributed by atoms with Crippen LogP contribution in [0, 0.1) is 0 Å². The van der Waals surface area contributed by atoms with E-state index in [1.807, 2.05) is 24.3 Å². The smallest absolute Gasteiger partial charge is 0.161 e. The topological polar surface area (TPSA) is 35.0 Å². The van der Waals surface area contributed by atoms with Crippen LogP contribution in [-0.4, -0.2) is 9.97 Å². The SMILES string of the molecule is c1ccc(-c2nc(-c3ccc(-c4ccc5c(c4)-c4cccc6cccc(c46)O5)c4ccccc34)nc3ccccc23)cc1. The van der Waals surface area contributed by atoms with Crippen LogP contribution >= 0.6 is 0 Å². The molecule has 9 rings (SSSR count). The van der Waals surface area contributed by atoms with Gasteiger partial charge in [0.25, 0.3) is 0 Å². The van der Waals surface area contributed by atoms with Gasteiger partial charge < -0.3 is 4.74 Å². The van der Waals surface area contributed by atoms with Gasteiger partial charge >= 0.3 is 0 Å². The van der Waals surface area contributed by atoms with Crippen LogP contribution < -0.4 is 4.74 Å². The van der Waals surface area contributed by atoms with Crippen molar-refractivity contribution >= 4 is 32.4 Å². The van der Waals surface area contributed by atoms with Crippen molar-refractivity contribution < 1.29 is 4.74 Å². The Hall–Kier alpha value is -5.80. The summed E-state index contributed by atoms with van der Waals surface area (Å²) in [4.78, 5) is 10.2.